The molecule has 3 nitrogen and oxygen atoms in total. The molecule has 2 heterocycles. The molecule has 0 aromatic carbocycles. The lowest BCUT2D eigenvalue weighted by molar-refractivity contribution is 1.31. The molecular weight excluding hydrogens is 211 g/mol. The van der Waals surface area contributed by atoms with Crippen molar-refractivity contribution in [2.45, 2.75) is 0 Å². The number of fused-ring (bicyclic) bond motifs is 1. The molecule has 1 N–H and O–H groups in total. The minimum Gasteiger partial charge on any atom is -0.358 e. The molecule has 0 atom stereocenters. The van der Waals surface area contributed by atoms with Crippen LogP contribution in [0.5, 0.6) is 0 Å². The van der Waals surface area contributed by atoms with Crippen molar-refractivity contribution in [1.82, 2.24) is 9.97 Å². The van der Waals surface area contributed by atoms with Gasteiger partial charge in [0.1, 0.15) is 15.7 Å². The van der Waals surface area contributed by atoms with Crippen molar-refractivity contribution in [3.63, 3.8) is 0 Å². The van der Waals surface area contributed by atoms with E-state index in [1.54, 1.807) is 12.1 Å². The Kier molecular flexibility index (Phi) is 1.98. The maximum atomic E-state index is 11.4. The molecule has 0 bridgehead atoms. The Morgan fingerprint density at radius 1 is 1.31 bits per heavy atom. The normalized spacial score (nSPS) is 10.6. The van der Waals surface area contributed by atoms with Gasteiger partial charge in [-0.25, -0.2) is 4.98 Å². The molecular formula is C8H4Cl2N2O. The van der Waals surface area contributed by atoms with Gasteiger partial charge in [0.25, 0.3) is 0 Å². The Labute approximate surface area is 83.3 Å². The van der Waals surface area contributed by atoms with Gasteiger partial charge in [0.2, 0.25) is 5.43 Å². The summed E-state index contributed by atoms with van der Waals surface area (Å²) in [6.07, 6.45) is 1.43. The molecule has 0 amide bonds. The molecule has 2 aromatic heterocycles. The van der Waals surface area contributed by atoms with Crippen LogP contribution in [-0.4, -0.2) is 9.97 Å². The SMILES string of the molecule is O=c1c(Cl)c[nH]c2ccc(Cl)nc12. The van der Waals surface area contributed by atoms with Crippen LogP contribution in [0.15, 0.2) is 23.1 Å². The molecule has 0 spiro atoms. The van der Waals surface area contributed by atoms with Crippen LogP contribution >= 0.6 is 23.2 Å². The standard InChI is InChI=1S/C8H4Cl2N2O/c9-4-3-11-5-1-2-6(10)12-7(5)8(4)13/h1-3H,(H,11,13). The predicted molar refractivity (Wildman–Crippen MR) is 52.4 cm³/mol. The van der Waals surface area contributed by atoms with Gasteiger partial charge in [-0.1, -0.05) is 23.2 Å². The van der Waals surface area contributed by atoms with E-state index in [0.29, 0.717) is 5.52 Å². The molecule has 2 aromatic rings. The monoisotopic (exact) mass is 214 g/mol. The van der Waals surface area contributed by atoms with Gasteiger partial charge < -0.3 is 4.98 Å². The van der Waals surface area contributed by atoms with Gasteiger partial charge in [-0.3, -0.25) is 4.79 Å². The van der Waals surface area contributed by atoms with Crippen LogP contribution < -0.4 is 5.43 Å². The maximum absolute atomic E-state index is 11.4. The first kappa shape index (κ1) is 8.53. The number of pyridine rings is 2. The van der Waals surface area contributed by atoms with Crippen molar-refractivity contribution in [1.29, 1.82) is 0 Å². The summed E-state index contributed by atoms with van der Waals surface area (Å²) in [5, 5.41) is 0.391. The van der Waals surface area contributed by atoms with Gasteiger partial charge in [0.05, 0.1) is 5.52 Å². The number of aromatic nitrogens is 2. The van der Waals surface area contributed by atoms with Gasteiger partial charge in [0, 0.05) is 6.20 Å². The zero-order valence-electron chi connectivity index (χ0n) is 6.34. The number of hydrogen-bond donors (Lipinski definition) is 1. The van der Waals surface area contributed by atoms with E-state index in [0.717, 1.165) is 0 Å². The number of hydrogen-bond acceptors (Lipinski definition) is 2. The molecule has 2 rings (SSSR count). The molecule has 66 valence electrons. The van der Waals surface area contributed by atoms with E-state index in [2.05, 4.69) is 9.97 Å². The first-order chi connectivity index (χ1) is 6.18. The Hall–Kier alpha value is -1.06. The Bertz CT molecular complexity index is 516. The molecule has 0 radical (unpaired) electrons. The van der Waals surface area contributed by atoms with Crippen LogP contribution in [-0.2, 0) is 0 Å². The van der Waals surface area contributed by atoms with Crippen LogP contribution in [0, 0.1) is 0 Å². The molecule has 0 saturated carbocycles. The first-order valence-electron chi connectivity index (χ1n) is 3.52. The van der Waals surface area contributed by atoms with E-state index in [1.165, 1.54) is 6.20 Å². The molecule has 0 aliphatic rings. The number of aromatic amines is 1. The number of nitrogens with one attached hydrogen (secondary N) is 1. The highest BCUT2D eigenvalue weighted by atomic mass is 35.5. The molecule has 13 heavy (non-hydrogen) atoms. The van der Waals surface area contributed by atoms with Crippen molar-refractivity contribution >= 4 is 34.2 Å². The fourth-order valence-corrected chi connectivity index (χ4v) is 1.34. The second-order valence-electron chi connectivity index (χ2n) is 2.50. The van der Waals surface area contributed by atoms with E-state index in [1.807, 2.05) is 0 Å². The van der Waals surface area contributed by atoms with Crippen LogP contribution in [0.2, 0.25) is 10.2 Å². The first-order valence-corrected chi connectivity index (χ1v) is 4.27. The molecule has 0 aliphatic carbocycles. The summed E-state index contributed by atoms with van der Waals surface area (Å²) >= 11 is 11.2. The number of rotatable bonds is 0. The fourth-order valence-electron chi connectivity index (χ4n) is 1.04. The Morgan fingerprint density at radius 2 is 2.08 bits per heavy atom. The lowest BCUT2D eigenvalue weighted by Gasteiger charge is -1.96. The summed E-state index contributed by atoms with van der Waals surface area (Å²) in [5.74, 6) is 0. The number of nitrogens with zero attached hydrogens (tertiary/aromatic N) is 1. The topological polar surface area (TPSA) is 45.8 Å². The van der Waals surface area contributed by atoms with Gasteiger partial charge >= 0.3 is 0 Å². The van der Waals surface area contributed by atoms with Crippen molar-refractivity contribution < 1.29 is 0 Å². The summed E-state index contributed by atoms with van der Waals surface area (Å²) in [6.45, 7) is 0. The molecule has 0 fully saturated rings. The van der Waals surface area contributed by atoms with E-state index >= 15 is 0 Å². The molecule has 0 aliphatic heterocycles. The van der Waals surface area contributed by atoms with E-state index < -0.39 is 0 Å². The van der Waals surface area contributed by atoms with Crippen molar-refractivity contribution in [3.8, 4) is 0 Å². The van der Waals surface area contributed by atoms with Crippen LogP contribution in [0.4, 0.5) is 0 Å². The van der Waals surface area contributed by atoms with Gasteiger partial charge in [0.15, 0.2) is 0 Å². The van der Waals surface area contributed by atoms with Crippen LogP contribution in [0.3, 0.4) is 0 Å². The Morgan fingerprint density at radius 3 is 2.85 bits per heavy atom. The molecule has 5 heteroatoms. The van der Waals surface area contributed by atoms with E-state index in [4.69, 9.17) is 23.2 Å². The van der Waals surface area contributed by atoms with Crippen molar-refractivity contribution in [2.24, 2.45) is 0 Å². The third kappa shape index (κ3) is 1.41. The third-order valence-corrected chi connectivity index (χ3v) is 2.14. The second kappa shape index (κ2) is 3.01. The second-order valence-corrected chi connectivity index (χ2v) is 3.29. The summed E-state index contributed by atoms with van der Waals surface area (Å²) in [5.41, 5.74) is 0.580. The minimum atomic E-state index is -0.307. The van der Waals surface area contributed by atoms with E-state index in [9.17, 15) is 4.79 Å². The fraction of sp³-hybridized carbons (Fsp3) is 0. The molecule has 0 saturated heterocycles. The van der Waals surface area contributed by atoms with Gasteiger partial charge in [-0.2, -0.15) is 0 Å². The number of halogens is 2. The highest BCUT2D eigenvalue weighted by Crippen LogP contribution is 2.11. The summed E-state index contributed by atoms with van der Waals surface area (Å²) in [7, 11) is 0. The Balaban J connectivity index is 2.97. The van der Waals surface area contributed by atoms with Crippen LogP contribution in [0.25, 0.3) is 11.0 Å². The lowest BCUT2D eigenvalue weighted by Crippen LogP contribution is -2.04. The quantitative estimate of drug-likeness (QED) is 0.685. The smallest absolute Gasteiger partial charge is 0.226 e. The van der Waals surface area contributed by atoms with Crippen molar-refractivity contribution in [3.05, 3.63) is 38.7 Å². The van der Waals surface area contributed by atoms with Gasteiger partial charge in [-0.05, 0) is 12.1 Å². The zero-order valence-corrected chi connectivity index (χ0v) is 7.86. The predicted octanol–water partition coefficient (Wildman–Crippen LogP) is 2.23. The van der Waals surface area contributed by atoms with Crippen LogP contribution in [0.1, 0.15) is 0 Å². The average Bonchev–Trinajstić information content (AvgIpc) is 2.12. The minimum absolute atomic E-state index is 0.113. The maximum Gasteiger partial charge on any atom is 0.226 e. The highest BCUT2D eigenvalue weighted by Gasteiger charge is 2.04. The summed E-state index contributed by atoms with van der Waals surface area (Å²) < 4.78 is 0. The van der Waals surface area contributed by atoms with Gasteiger partial charge in [-0.15, -0.1) is 0 Å². The summed E-state index contributed by atoms with van der Waals surface area (Å²) in [4.78, 5) is 18.1. The molecule has 0 unspecified atom stereocenters. The number of H-pyrrole nitrogens is 1. The van der Waals surface area contributed by atoms with Crippen molar-refractivity contribution in [2.75, 3.05) is 0 Å². The lowest BCUT2D eigenvalue weighted by atomic mass is 10.3. The van der Waals surface area contributed by atoms with E-state index in [-0.39, 0.29) is 21.1 Å². The highest BCUT2D eigenvalue weighted by molar-refractivity contribution is 6.31. The zero-order chi connectivity index (χ0) is 9.42. The largest absolute Gasteiger partial charge is 0.358 e. The summed E-state index contributed by atoms with van der Waals surface area (Å²) in [6, 6.07) is 3.29. The third-order valence-electron chi connectivity index (χ3n) is 1.65. The average molecular weight is 215 g/mol.